The van der Waals surface area contributed by atoms with Crippen LogP contribution in [0.5, 0.6) is 11.5 Å². The number of anilines is 3. The molecule has 0 aromatic heterocycles. The number of rotatable bonds is 4. The molecular formula is C55H35NO. The fraction of sp³-hybridized carbons (Fsp3) is 0.0182. The molecule has 0 saturated carbocycles. The zero-order chi connectivity index (χ0) is 37.5. The van der Waals surface area contributed by atoms with Gasteiger partial charge < -0.3 is 9.64 Å². The van der Waals surface area contributed by atoms with E-state index in [4.69, 9.17) is 4.74 Å². The minimum absolute atomic E-state index is 0.584. The van der Waals surface area contributed by atoms with Crippen LogP contribution >= 0.6 is 0 Å². The molecule has 12 rings (SSSR count). The molecule has 0 unspecified atom stereocenters. The molecule has 1 aliphatic heterocycles. The van der Waals surface area contributed by atoms with E-state index in [1.165, 1.54) is 66.1 Å². The monoisotopic (exact) mass is 725 g/mol. The summed E-state index contributed by atoms with van der Waals surface area (Å²) in [4.78, 5) is 2.34. The molecule has 2 heteroatoms. The van der Waals surface area contributed by atoms with Gasteiger partial charge in [-0.15, -0.1) is 0 Å². The van der Waals surface area contributed by atoms with E-state index in [-0.39, 0.29) is 0 Å². The Morgan fingerprint density at radius 1 is 0.316 bits per heavy atom. The summed E-state index contributed by atoms with van der Waals surface area (Å²) in [5.74, 6) is 1.87. The zero-order valence-electron chi connectivity index (χ0n) is 31.1. The topological polar surface area (TPSA) is 12.5 Å². The highest BCUT2D eigenvalue weighted by molar-refractivity contribution is 6.00. The summed E-state index contributed by atoms with van der Waals surface area (Å²) < 4.78 is 7.16. The third kappa shape index (κ3) is 4.65. The van der Waals surface area contributed by atoms with Crippen LogP contribution in [0.15, 0.2) is 212 Å². The van der Waals surface area contributed by atoms with E-state index in [9.17, 15) is 0 Å². The standard InChI is InChI=1S/C55H35NO/c1-2-16-42(17-3-1)56(44-30-24-36-12-4-5-15-40(36)34-44)43-28-22-37(23-29-43)41-25-31-48-47-20-10-11-21-49(47)55(52(48)35-41)50-32-26-38-13-6-8-18-45(38)53(50)57-54-46-19-9-7-14-39(46)27-33-51(54)55/h1-35H. The summed E-state index contributed by atoms with van der Waals surface area (Å²) in [6, 6.07) is 77.4. The van der Waals surface area contributed by atoms with Crippen LogP contribution in [0.1, 0.15) is 22.3 Å². The predicted molar refractivity (Wildman–Crippen MR) is 236 cm³/mol. The average Bonchev–Trinajstić information content (AvgIpc) is 3.57. The minimum atomic E-state index is -0.584. The Labute approximate surface area is 331 Å². The first-order valence-electron chi connectivity index (χ1n) is 19.7. The number of fused-ring (bicyclic) bond motifs is 14. The van der Waals surface area contributed by atoms with Crippen molar-refractivity contribution in [2.45, 2.75) is 5.41 Å². The van der Waals surface area contributed by atoms with Gasteiger partial charge in [-0.25, -0.2) is 0 Å². The Kier molecular flexibility index (Phi) is 6.88. The molecule has 1 heterocycles. The van der Waals surface area contributed by atoms with Crippen LogP contribution < -0.4 is 9.64 Å². The second-order valence-electron chi connectivity index (χ2n) is 15.2. The Morgan fingerprint density at radius 2 is 0.842 bits per heavy atom. The maximum Gasteiger partial charge on any atom is 0.140 e. The van der Waals surface area contributed by atoms with Gasteiger partial charge in [-0.3, -0.25) is 0 Å². The third-order valence-corrected chi connectivity index (χ3v) is 12.3. The zero-order valence-corrected chi connectivity index (χ0v) is 31.1. The lowest BCUT2D eigenvalue weighted by Gasteiger charge is -2.40. The molecule has 0 amide bonds. The van der Waals surface area contributed by atoms with Gasteiger partial charge in [-0.1, -0.05) is 170 Å². The van der Waals surface area contributed by atoms with Crippen molar-refractivity contribution < 1.29 is 4.74 Å². The van der Waals surface area contributed by atoms with Crippen molar-refractivity contribution in [1.82, 2.24) is 0 Å². The van der Waals surface area contributed by atoms with E-state index in [0.717, 1.165) is 39.3 Å². The van der Waals surface area contributed by atoms with Gasteiger partial charge in [-0.2, -0.15) is 0 Å². The lowest BCUT2D eigenvalue weighted by Crippen LogP contribution is -2.32. The number of benzene rings is 10. The van der Waals surface area contributed by atoms with Crippen molar-refractivity contribution in [2.75, 3.05) is 4.90 Å². The predicted octanol–water partition coefficient (Wildman–Crippen LogP) is 14.8. The smallest absolute Gasteiger partial charge is 0.140 e. The summed E-state index contributed by atoms with van der Waals surface area (Å²) in [6.07, 6.45) is 0. The van der Waals surface area contributed by atoms with Crippen LogP contribution in [-0.2, 0) is 5.41 Å². The lowest BCUT2D eigenvalue weighted by molar-refractivity contribution is 0.447. The van der Waals surface area contributed by atoms with Crippen LogP contribution in [-0.4, -0.2) is 0 Å². The molecule has 10 aromatic carbocycles. The molecule has 0 N–H and O–H groups in total. The molecule has 2 aliphatic rings. The molecule has 0 bridgehead atoms. The number of ether oxygens (including phenoxy) is 1. The largest absolute Gasteiger partial charge is 0.455 e. The highest BCUT2D eigenvalue weighted by Crippen LogP contribution is 2.64. The van der Waals surface area contributed by atoms with Crippen LogP contribution in [0.25, 0.3) is 54.6 Å². The summed E-state index contributed by atoms with van der Waals surface area (Å²) in [5, 5.41) is 7.04. The van der Waals surface area contributed by atoms with Gasteiger partial charge in [0.05, 0.1) is 5.41 Å². The molecular weight excluding hydrogens is 691 g/mol. The van der Waals surface area contributed by atoms with Gasteiger partial charge in [0.2, 0.25) is 0 Å². The SMILES string of the molecule is c1ccc(N(c2ccc(-c3ccc4c(c3)C3(c5ccccc5-4)c4ccc5ccccc5c4Oc4c3ccc3ccccc43)cc2)c2ccc3ccccc3c2)cc1. The van der Waals surface area contributed by atoms with Crippen molar-refractivity contribution in [3.8, 4) is 33.8 Å². The summed E-state index contributed by atoms with van der Waals surface area (Å²) in [7, 11) is 0. The summed E-state index contributed by atoms with van der Waals surface area (Å²) in [6.45, 7) is 0. The first-order chi connectivity index (χ1) is 28.3. The van der Waals surface area contributed by atoms with E-state index in [1.54, 1.807) is 0 Å². The number of hydrogen-bond donors (Lipinski definition) is 0. The number of hydrogen-bond acceptors (Lipinski definition) is 2. The molecule has 0 fully saturated rings. The molecule has 0 radical (unpaired) electrons. The molecule has 1 aliphatic carbocycles. The van der Waals surface area contributed by atoms with E-state index < -0.39 is 5.41 Å². The average molecular weight is 726 g/mol. The van der Waals surface area contributed by atoms with Gasteiger partial charge >= 0.3 is 0 Å². The van der Waals surface area contributed by atoms with Gasteiger partial charge in [0, 0.05) is 39.0 Å². The van der Waals surface area contributed by atoms with Gasteiger partial charge in [0.25, 0.3) is 0 Å². The highest BCUT2D eigenvalue weighted by atomic mass is 16.5. The van der Waals surface area contributed by atoms with Gasteiger partial charge in [0.15, 0.2) is 0 Å². The van der Waals surface area contributed by atoms with Crippen molar-refractivity contribution in [1.29, 1.82) is 0 Å². The van der Waals surface area contributed by atoms with Crippen LogP contribution in [0, 0.1) is 0 Å². The Morgan fingerprint density at radius 3 is 1.56 bits per heavy atom. The van der Waals surface area contributed by atoms with E-state index >= 15 is 0 Å². The Hall–Kier alpha value is -7.42. The summed E-state index contributed by atoms with van der Waals surface area (Å²) in [5.41, 5.74) is 12.6. The Balaban J connectivity index is 1.06. The molecule has 2 nitrogen and oxygen atoms in total. The van der Waals surface area contributed by atoms with Crippen LogP contribution in [0.4, 0.5) is 17.1 Å². The van der Waals surface area contributed by atoms with Crippen LogP contribution in [0.3, 0.4) is 0 Å². The third-order valence-electron chi connectivity index (χ3n) is 12.3. The number of nitrogens with zero attached hydrogens (tertiary/aromatic N) is 1. The quantitative estimate of drug-likeness (QED) is 0.179. The molecule has 10 aromatic rings. The highest BCUT2D eigenvalue weighted by Gasteiger charge is 2.51. The molecule has 0 atom stereocenters. The summed E-state index contributed by atoms with van der Waals surface area (Å²) >= 11 is 0. The van der Waals surface area contributed by atoms with Gasteiger partial charge in [0.1, 0.15) is 11.5 Å². The molecule has 0 saturated heterocycles. The minimum Gasteiger partial charge on any atom is -0.455 e. The van der Waals surface area contributed by atoms with Crippen molar-refractivity contribution in [3.63, 3.8) is 0 Å². The Bertz CT molecular complexity index is 3130. The van der Waals surface area contributed by atoms with Crippen molar-refractivity contribution in [3.05, 3.63) is 235 Å². The molecule has 57 heavy (non-hydrogen) atoms. The second-order valence-corrected chi connectivity index (χ2v) is 15.2. The van der Waals surface area contributed by atoms with E-state index in [2.05, 4.69) is 217 Å². The first kappa shape index (κ1) is 31.9. The lowest BCUT2D eigenvalue weighted by atomic mass is 9.65. The fourth-order valence-corrected chi connectivity index (χ4v) is 9.73. The van der Waals surface area contributed by atoms with Gasteiger partial charge in [-0.05, 0) is 97.4 Å². The van der Waals surface area contributed by atoms with Crippen LogP contribution in [0.2, 0.25) is 0 Å². The second kappa shape index (κ2) is 12.3. The normalized spacial score (nSPS) is 13.2. The maximum absolute atomic E-state index is 7.16. The van der Waals surface area contributed by atoms with Crippen molar-refractivity contribution >= 4 is 49.4 Å². The van der Waals surface area contributed by atoms with E-state index in [0.29, 0.717) is 0 Å². The number of para-hydroxylation sites is 1. The molecule has 1 spiro atoms. The van der Waals surface area contributed by atoms with Crippen molar-refractivity contribution in [2.24, 2.45) is 0 Å². The first-order valence-corrected chi connectivity index (χ1v) is 19.7. The molecule has 266 valence electrons. The van der Waals surface area contributed by atoms with E-state index in [1.807, 2.05) is 0 Å². The fourth-order valence-electron chi connectivity index (χ4n) is 9.73. The maximum atomic E-state index is 7.16.